The molecule has 0 aromatic heterocycles. The minimum Gasteiger partial charge on any atom is -0.508 e. The van der Waals surface area contributed by atoms with Crippen LogP contribution in [0.15, 0.2) is 83.8 Å². The van der Waals surface area contributed by atoms with E-state index in [9.17, 15) is 23.4 Å². The SMILES string of the molecule is O=C(/C=C/c1ccc(O)cc1)c1cccc(NS(=O)(=O)c2ccc(O)cc2)c1. The van der Waals surface area contributed by atoms with Crippen LogP contribution >= 0.6 is 0 Å². The Kier molecular flexibility index (Phi) is 5.47. The summed E-state index contributed by atoms with van der Waals surface area (Å²) in [5.41, 5.74) is 1.31. The van der Waals surface area contributed by atoms with Gasteiger partial charge in [0.25, 0.3) is 10.0 Å². The van der Waals surface area contributed by atoms with Gasteiger partial charge in [-0.2, -0.15) is 0 Å². The molecule has 0 saturated heterocycles. The molecule has 0 aliphatic rings. The minimum absolute atomic E-state index is 0.00532. The Morgan fingerprint density at radius 2 is 1.46 bits per heavy atom. The fraction of sp³-hybridized carbons (Fsp3) is 0. The van der Waals surface area contributed by atoms with Crippen molar-refractivity contribution < 1.29 is 23.4 Å². The molecule has 6 nitrogen and oxygen atoms in total. The average Bonchev–Trinajstić information content (AvgIpc) is 2.67. The third-order valence-electron chi connectivity index (χ3n) is 3.87. The number of carbonyl (C=O) groups excluding carboxylic acids is 1. The van der Waals surface area contributed by atoms with Crippen molar-refractivity contribution >= 4 is 27.6 Å². The fourth-order valence-corrected chi connectivity index (χ4v) is 3.48. The molecule has 0 aliphatic carbocycles. The third kappa shape index (κ3) is 4.77. The number of rotatable bonds is 6. The molecule has 0 radical (unpaired) electrons. The first-order valence-corrected chi connectivity index (χ1v) is 9.75. The molecule has 0 atom stereocenters. The van der Waals surface area contributed by atoms with E-state index in [0.29, 0.717) is 5.56 Å². The molecule has 0 aliphatic heterocycles. The Morgan fingerprint density at radius 1 is 0.857 bits per heavy atom. The van der Waals surface area contributed by atoms with Crippen molar-refractivity contribution in [2.24, 2.45) is 0 Å². The highest BCUT2D eigenvalue weighted by atomic mass is 32.2. The maximum absolute atomic E-state index is 12.4. The van der Waals surface area contributed by atoms with Gasteiger partial charge in [-0.05, 0) is 60.2 Å². The van der Waals surface area contributed by atoms with E-state index in [1.165, 1.54) is 48.5 Å². The van der Waals surface area contributed by atoms with Crippen LogP contribution in [-0.2, 0) is 10.0 Å². The van der Waals surface area contributed by atoms with Crippen molar-refractivity contribution in [3.8, 4) is 11.5 Å². The minimum atomic E-state index is -3.85. The summed E-state index contributed by atoms with van der Waals surface area (Å²) >= 11 is 0. The molecule has 0 unspecified atom stereocenters. The smallest absolute Gasteiger partial charge is 0.261 e. The average molecular weight is 395 g/mol. The number of phenols is 2. The van der Waals surface area contributed by atoms with Crippen LogP contribution in [0.3, 0.4) is 0 Å². The predicted molar refractivity (Wildman–Crippen MR) is 107 cm³/mol. The van der Waals surface area contributed by atoms with Crippen LogP contribution in [0.4, 0.5) is 5.69 Å². The molecule has 0 saturated carbocycles. The highest BCUT2D eigenvalue weighted by Crippen LogP contribution is 2.20. The van der Waals surface area contributed by atoms with E-state index in [1.54, 1.807) is 36.4 Å². The molecule has 0 heterocycles. The number of hydrogen-bond acceptors (Lipinski definition) is 5. The monoisotopic (exact) mass is 395 g/mol. The second-order valence-corrected chi connectivity index (χ2v) is 7.65. The van der Waals surface area contributed by atoms with Gasteiger partial charge in [-0.15, -0.1) is 0 Å². The Balaban J connectivity index is 1.77. The Morgan fingerprint density at radius 3 is 2.11 bits per heavy atom. The Labute approximate surface area is 162 Å². The van der Waals surface area contributed by atoms with Gasteiger partial charge in [0.05, 0.1) is 4.90 Å². The third-order valence-corrected chi connectivity index (χ3v) is 5.26. The molecule has 3 aromatic rings. The van der Waals surface area contributed by atoms with Crippen molar-refractivity contribution in [3.05, 3.63) is 90.0 Å². The largest absolute Gasteiger partial charge is 0.508 e. The summed E-state index contributed by atoms with van der Waals surface area (Å²) in [4.78, 5) is 12.4. The number of hydrogen-bond donors (Lipinski definition) is 3. The fourth-order valence-electron chi connectivity index (χ4n) is 2.43. The number of benzene rings is 3. The highest BCUT2D eigenvalue weighted by molar-refractivity contribution is 7.92. The van der Waals surface area contributed by atoms with E-state index in [4.69, 9.17) is 0 Å². The van der Waals surface area contributed by atoms with Gasteiger partial charge in [0.2, 0.25) is 0 Å². The molecule has 0 bridgehead atoms. The van der Waals surface area contributed by atoms with Crippen LogP contribution in [0.1, 0.15) is 15.9 Å². The first-order valence-electron chi connectivity index (χ1n) is 8.27. The second-order valence-electron chi connectivity index (χ2n) is 5.97. The number of allylic oxidation sites excluding steroid dienone is 1. The van der Waals surface area contributed by atoms with Crippen molar-refractivity contribution in [2.75, 3.05) is 4.72 Å². The summed E-state index contributed by atoms with van der Waals surface area (Å²) in [6.07, 6.45) is 2.98. The molecular weight excluding hydrogens is 378 g/mol. The van der Waals surface area contributed by atoms with Gasteiger partial charge in [0.15, 0.2) is 5.78 Å². The molecule has 0 fully saturated rings. The lowest BCUT2D eigenvalue weighted by Gasteiger charge is -2.09. The van der Waals surface area contributed by atoms with E-state index in [-0.39, 0.29) is 27.9 Å². The molecule has 3 rings (SSSR count). The van der Waals surface area contributed by atoms with E-state index < -0.39 is 10.0 Å². The van der Waals surface area contributed by atoms with E-state index in [0.717, 1.165) is 5.56 Å². The zero-order valence-corrected chi connectivity index (χ0v) is 15.4. The molecule has 3 aromatic carbocycles. The summed E-state index contributed by atoms with van der Waals surface area (Å²) < 4.78 is 27.3. The molecular formula is C21H17NO5S. The van der Waals surface area contributed by atoms with Gasteiger partial charge in [0, 0.05) is 11.3 Å². The highest BCUT2D eigenvalue weighted by Gasteiger charge is 2.14. The Hall–Kier alpha value is -3.58. The number of anilines is 1. The van der Waals surface area contributed by atoms with E-state index in [2.05, 4.69) is 4.72 Å². The van der Waals surface area contributed by atoms with Gasteiger partial charge < -0.3 is 10.2 Å². The maximum Gasteiger partial charge on any atom is 0.261 e. The number of carbonyl (C=O) groups is 1. The molecule has 7 heteroatoms. The normalized spacial score (nSPS) is 11.4. The molecule has 28 heavy (non-hydrogen) atoms. The summed E-state index contributed by atoms with van der Waals surface area (Å²) in [5, 5.41) is 18.6. The first-order chi connectivity index (χ1) is 13.3. The van der Waals surface area contributed by atoms with Crippen LogP contribution in [-0.4, -0.2) is 24.4 Å². The van der Waals surface area contributed by atoms with Crippen molar-refractivity contribution in [3.63, 3.8) is 0 Å². The maximum atomic E-state index is 12.4. The van der Waals surface area contributed by atoms with Crippen molar-refractivity contribution in [2.45, 2.75) is 4.90 Å². The Bertz CT molecular complexity index is 1120. The summed E-state index contributed by atoms with van der Waals surface area (Å²) in [5.74, 6) is -0.192. The molecule has 0 amide bonds. The molecule has 0 spiro atoms. The quantitative estimate of drug-likeness (QED) is 0.435. The number of aromatic hydroxyl groups is 2. The molecule has 142 valence electrons. The number of phenolic OH excluding ortho intramolecular Hbond substituents is 2. The van der Waals surface area contributed by atoms with E-state index >= 15 is 0 Å². The summed E-state index contributed by atoms with van der Waals surface area (Å²) in [7, 11) is -3.85. The van der Waals surface area contributed by atoms with Crippen LogP contribution in [0.25, 0.3) is 6.08 Å². The lowest BCUT2D eigenvalue weighted by molar-refractivity contribution is 0.104. The lowest BCUT2D eigenvalue weighted by Crippen LogP contribution is -2.13. The van der Waals surface area contributed by atoms with Crippen LogP contribution in [0.2, 0.25) is 0 Å². The van der Waals surface area contributed by atoms with Crippen LogP contribution < -0.4 is 4.72 Å². The predicted octanol–water partition coefficient (Wildman–Crippen LogP) is 3.79. The van der Waals surface area contributed by atoms with Crippen LogP contribution in [0, 0.1) is 0 Å². The van der Waals surface area contributed by atoms with E-state index in [1.807, 2.05) is 0 Å². The topological polar surface area (TPSA) is 104 Å². The number of ketones is 1. The van der Waals surface area contributed by atoms with Gasteiger partial charge in [-0.3, -0.25) is 9.52 Å². The van der Waals surface area contributed by atoms with Crippen molar-refractivity contribution in [1.82, 2.24) is 0 Å². The lowest BCUT2D eigenvalue weighted by atomic mass is 10.1. The first kappa shape index (κ1) is 19.2. The van der Waals surface area contributed by atoms with Gasteiger partial charge >= 0.3 is 0 Å². The van der Waals surface area contributed by atoms with Gasteiger partial charge in [0.1, 0.15) is 11.5 Å². The van der Waals surface area contributed by atoms with Gasteiger partial charge in [-0.25, -0.2) is 8.42 Å². The van der Waals surface area contributed by atoms with Gasteiger partial charge in [-0.1, -0.05) is 30.3 Å². The van der Waals surface area contributed by atoms with Crippen molar-refractivity contribution in [1.29, 1.82) is 0 Å². The zero-order valence-electron chi connectivity index (χ0n) is 14.6. The second kappa shape index (κ2) is 7.98. The van der Waals surface area contributed by atoms with Crippen LogP contribution in [0.5, 0.6) is 11.5 Å². The zero-order chi connectivity index (χ0) is 20.1. The summed E-state index contributed by atoms with van der Waals surface area (Å²) in [6.45, 7) is 0. The molecule has 3 N–H and O–H groups in total. The number of nitrogens with one attached hydrogen (secondary N) is 1. The summed E-state index contributed by atoms with van der Waals surface area (Å²) in [6, 6.07) is 17.7. The standard InChI is InChI=1S/C21H17NO5S/c23-18-7-4-15(5-8-18)6-13-21(25)16-2-1-3-17(14-16)22-28(26,27)20-11-9-19(24)10-12-20/h1-14,22-24H/b13-6+. The number of sulfonamides is 1.